The molecule has 0 amide bonds. The van der Waals surface area contributed by atoms with Crippen molar-refractivity contribution in [3.05, 3.63) is 58.7 Å². The van der Waals surface area contributed by atoms with E-state index in [2.05, 4.69) is 14.9 Å². The largest absolute Gasteiger partial charge is 0.507 e. The Bertz CT molecular complexity index is 872. The van der Waals surface area contributed by atoms with Crippen LogP contribution in [0.2, 0.25) is 0 Å². The van der Waals surface area contributed by atoms with Crippen molar-refractivity contribution >= 4 is 24.2 Å². The minimum atomic E-state index is -0.655. The second-order valence-corrected chi connectivity index (χ2v) is 5.09. The molecule has 25 heavy (non-hydrogen) atoms. The normalized spacial score (nSPS) is 11.1. The van der Waals surface area contributed by atoms with Crippen LogP contribution in [0.4, 0.5) is 0 Å². The molecule has 0 aliphatic heterocycles. The van der Waals surface area contributed by atoms with Crippen LogP contribution in [0.25, 0.3) is 0 Å². The van der Waals surface area contributed by atoms with E-state index in [4.69, 9.17) is 0 Å². The van der Waals surface area contributed by atoms with E-state index in [0.717, 1.165) is 0 Å². The lowest BCUT2D eigenvalue weighted by Crippen LogP contribution is -2.02. The minimum Gasteiger partial charge on any atom is -0.507 e. The molecular weight excluding hydrogens is 324 g/mol. The average Bonchev–Trinajstić information content (AvgIpc) is 2.60. The van der Waals surface area contributed by atoms with Gasteiger partial charge in [0.15, 0.2) is 5.78 Å². The number of carbonyl (C=O) groups excluding carboxylic acids is 2. The fourth-order valence-electron chi connectivity index (χ4n) is 2.02. The summed E-state index contributed by atoms with van der Waals surface area (Å²) in [6, 6.07) is 8.86. The monoisotopic (exact) mass is 340 g/mol. The highest BCUT2D eigenvalue weighted by molar-refractivity contribution is 5.98. The maximum atomic E-state index is 11.5. The van der Waals surface area contributed by atoms with Crippen LogP contribution in [0.15, 0.2) is 46.6 Å². The Labute approximate surface area is 143 Å². The third-order valence-corrected chi connectivity index (χ3v) is 3.31. The van der Waals surface area contributed by atoms with Crippen molar-refractivity contribution in [2.75, 3.05) is 7.11 Å². The molecule has 0 heterocycles. The Morgan fingerprint density at radius 1 is 0.920 bits per heavy atom. The van der Waals surface area contributed by atoms with Gasteiger partial charge in [-0.1, -0.05) is 0 Å². The number of nitrogens with zero attached hydrogens (tertiary/aromatic N) is 2. The Balaban J connectivity index is 2.16. The Morgan fingerprint density at radius 2 is 1.40 bits per heavy atom. The summed E-state index contributed by atoms with van der Waals surface area (Å²) in [6.07, 6.45) is 2.82. The molecule has 2 aromatic rings. The predicted octanol–water partition coefficient (Wildman–Crippen LogP) is 2.54. The van der Waals surface area contributed by atoms with Gasteiger partial charge in [0.05, 0.1) is 25.1 Å². The van der Waals surface area contributed by atoms with Crippen LogP contribution in [0, 0.1) is 0 Å². The number of phenolic OH excluding ortho intramolecular Hbond substituents is 2. The second-order valence-electron chi connectivity index (χ2n) is 5.09. The number of ketones is 1. The van der Waals surface area contributed by atoms with Gasteiger partial charge in [-0.25, -0.2) is 4.79 Å². The summed E-state index contributed by atoms with van der Waals surface area (Å²) in [5, 5.41) is 26.9. The van der Waals surface area contributed by atoms with Gasteiger partial charge in [-0.2, -0.15) is 10.2 Å². The number of rotatable bonds is 5. The zero-order valence-corrected chi connectivity index (χ0v) is 13.6. The molecule has 128 valence electrons. The van der Waals surface area contributed by atoms with Crippen LogP contribution in [-0.4, -0.2) is 41.5 Å². The summed E-state index contributed by atoms with van der Waals surface area (Å²) in [6.45, 7) is 1.36. The number of hydrogen-bond donors (Lipinski definition) is 2. The quantitative estimate of drug-likeness (QED) is 0.376. The SMILES string of the molecule is COC(=O)c1cc(/C=N\N=C/c2ccc(O)c(C(C)=O)c2)ccc1O. The average molecular weight is 340 g/mol. The van der Waals surface area contributed by atoms with Crippen molar-refractivity contribution in [1.29, 1.82) is 0 Å². The van der Waals surface area contributed by atoms with Gasteiger partial charge >= 0.3 is 5.97 Å². The summed E-state index contributed by atoms with van der Waals surface area (Å²) in [7, 11) is 1.22. The topological polar surface area (TPSA) is 109 Å². The molecule has 0 radical (unpaired) electrons. The number of esters is 1. The number of phenols is 2. The van der Waals surface area contributed by atoms with Crippen molar-refractivity contribution < 1.29 is 24.5 Å². The lowest BCUT2D eigenvalue weighted by atomic mass is 10.1. The van der Waals surface area contributed by atoms with Crippen LogP contribution in [0.5, 0.6) is 11.5 Å². The van der Waals surface area contributed by atoms with Crippen molar-refractivity contribution in [3.63, 3.8) is 0 Å². The molecule has 0 bridgehead atoms. The molecule has 7 heteroatoms. The first-order valence-electron chi connectivity index (χ1n) is 7.24. The molecule has 0 saturated heterocycles. The lowest BCUT2D eigenvalue weighted by molar-refractivity contribution is 0.0597. The van der Waals surface area contributed by atoms with E-state index >= 15 is 0 Å². The van der Waals surface area contributed by atoms with E-state index in [1.807, 2.05) is 0 Å². The van der Waals surface area contributed by atoms with Gasteiger partial charge in [0, 0.05) is 0 Å². The molecule has 2 N–H and O–H groups in total. The highest BCUT2D eigenvalue weighted by Crippen LogP contribution is 2.19. The Morgan fingerprint density at radius 3 is 1.88 bits per heavy atom. The number of aromatic hydroxyl groups is 2. The van der Waals surface area contributed by atoms with Crippen LogP contribution in [0.1, 0.15) is 38.8 Å². The highest BCUT2D eigenvalue weighted by atomic mass is 16.5. The second kappa shape index (κ2) is 7.87. The number of carbonyl (C=O) groups is 2. The summed E-state index contributed by atoms with van der Waals surface area (Å²) in [4.78, 5) is 22.9. The van der Waals surface area contributed by atoms with E-state index in [1.165, 1.54) is 50.7 Å². The molecule has 0 aliphatic carbocycles. The van der Waals surface area contributed by atoms with E-state index < -0.39 is 5.97 Å². The molecule has 0 saturated carbocycles. The zero-order chi connectivity index (χ0) is 18.4. The first-order valence-corrected chi connectivity index (χ1v) is 7.24. The maximum Gasteiger partial charge on any atom is 0.341 e. The lowest BCUT2D eigenvalue weighted by Gasteiger charge is -2.03. The van der Waals surface area contributed by atoms with E-state index in [9.17, 15) is 19.8 Å². The maximum absolute atomic E-state index is 11.5. The summed E-state index contributed by atoms with van der Waals surface area (Å²) in [5.74, 6) is -1.19. The van der Waals surface area contributed by atoms with E-state index in [-0.39, 0.29) is 28.4 Å². The standard InChI is InChI=1S/C18H16N2O5/c1-11(21)14-7-12(3-5-16(14)22)9-19-20-10-13-4-6-17(23)15(8-13)18(24)25-2/h3-10,22-23H,1-2H3/b19-9-,20-10-. The molecule has 2 rings (SSSR count). The molecule has 7 nitrogen and oxygen atoms in total. The van der Waals surface area contributed by atoms with Crippen molar-refractivity contribution in [3.8, 4) is 11.5 Å². The van der Waals surface area contributed by atoms with Crippen molar-refractivity contribution in [2.24, 2.45) is 10.2 Å². The number of benzene rings is 2. The van der Waals surface area contributed by atoms with Gasteiger partial charge in [-0.15, -0.1) is 0 Å². The number of ether oxygens (including phenoxy) is 1. The van der Waals surface area contributed by atoms with E-state index in [1.54, 1.807) is 12.1 Å². The van der Waals surface area contributed by atoms with Gasteiger partial charge in [0.25, 0.3) is 0 Å². The summed E-state index contributed by atoms with van der Waals surface area (Å²) >= 11 is 0. The summed E-state index contributed by atoms with van der Waals surface area (Å²) in [5.41, 5.74) is 1.38. The predicted molar refractivity (Wildman–Crippen MR) is 92.7 cm³/mol. The van der Waals surface area contributed by atoms with E-state index in [0.29, 0.717) is 11.1 Å². The number of methoxy groups -OCH3 is 1. The number of hydrogen-bond acceptors (Lipinski definition) is 7. The van der Waals surface area contributed by atoms with Gasteiger partial charge in [0.1, 0.15) is 17.1 Å². The molecule has 0 fully saturated rings. The minimum absolute atomic E-state index is 0.0278. The fourth-order valence-corrected chi connectivity index (χ4v) is 2.02. The van der Waals surface area contributed by atoms with Gasteiger partial charge < -0.3 is 14.9 Å². The smallest absolute Gasteiger partial charge is 0.341 e. The Hall–Kier alpha value is -3.48. The van der Waals surface area contributed by atoms with Crippen molar-refractivity contribution in [1.82, 2.24) is 0 Å². The summed E-state index contributed by atoms with van der Waals surface area (Å²) < 4.78 is 4.57. The first-order chi connectivity index (χ1) is 11.9. The molecular formula is C18H16N2O5. The third kappa shape index (κ3) is 4.51. The fraction of sp³-hybridized carbons (Fsp3) is 0.111. The van der Waals surface area contributed by atoms with Gasteiger partial charge in [0.2, 0.25) is 0 Å². The third-order valence-electron chi connectivity index (χ3n) is 3.31. The Kier molecular flexibility index (Phi) is 5.62. The van der Waals surface area contributed by atoms with Crippen LogP contribution >= 0.6 is 0 Å². The van der Waals surface area contributed by atoms with Crippen LogP contribution < -0.4 is 0 Å². The molecule has 0 atom stereocenters. The molecule has 0 spiro atoms. The van der Waals surface area contributed by atoms with Gasteiger partial charge in [-0.05, 0) is 54.4 Å². The van der Waals surface area contributed by atoms with Crippen LogP contribution in [-0.2, 0) is 4.74 Å². The molecule has 0 aliphatic rings. The highest BCUT2D eigenvalue weighted by Gasteiger charge is 2.11. The van der Waals surface area contributed by atoms with Gasteiger partial charge in [-0.3, -0.25) is 4.79 Å². The molecule has 0 aromatic heterocycles. The zero-order valence-electron chi connectivity index (χ0n) is 13.6. The molecule has 2 aromatic carbocycles. The first kappa shape index (κ1) is 17.9. The molecule has 0 unspecified atom stereocenters. The van der Waals surface area contributed by atoms with Crippen molar-refractivity contribution in [2.45, 2.75) is 6.92 Å². The van der Waals surface area contributed by atoms with Crippen LogP contribution in [0.3, 0.4) is 0 Å². The number of Topliss-reactive ketones (excluding diaryl/α,β-unsaturated/α-hetero) is 1.